The number of hydrogen-bond acceptors (Lipinski definition) is 4. The van der Waals surface area contributed by atoms with Crippen molar-refractivity contribution in [3.05, 3.63) is 35.2 Å². The Hall–Kier alpha value is -1.43. The number of amides is 1. The van der Waals surface area contributed by atoms with Crippen molar-refractivity contribution in [1.82, 2.24) is 4.90 Å². The summed E-state index contributed by atoms with van der Waals surface area (Å²) in [5.74, 6) is 0.144. The first-order valence-corrected chi connectivity index (χ1v) is 8.24. The Balaban J connectivity index is 1.75. The SMILES string of the molecule is O=C(c1cc2sc3ccccc3c2s1)N1CCOCC1. The largest absolute Gasteiger partial charge is 0.378 e. The van der Waals surface area contributed by atoms with Crippen molar-refractivity contribution in [1.29, 1.82) is 0 Å². The molecule has 0 radical (unpaired) electrons. The number of carbonyl (C=O) groups is 1. The summed E-state index contributed by atoms with van der Waals surface area (Å²) < 4.78 is 9.04. The van der Waals surface area contributed by atoms with Crippen LogP contribution in [0.3, 0.4) is 0 Å². The van der Waals surface area contributed by atoms with Gasteiger partial charge >= 0.3 is 0 Å². The Morgan fingerprint density at radius 3 is 2.75 bits per heavy atom. The van der Waals surface area contributed by atoms with Gasteiger partial charge in [-0.3, -0.25) is 4.79 Å². The number of fused-ring (bicyclic) bond motifs is 3. The Bertz CT molecular complexity index is 783. The fourth-order valence-electron chi connectivity index (χ4n) is 2.53. The zero-order chi connectivity index (χ0) is 13.5. The van der Waals surface area contributed by atoms with Crippen molar-refractivity contribution >= 4 is 48.1 Å². The molecule has 0 aliphatic carbocycles. The van der Waals surface area contributed by atoms with Gasteiger partial charge in [0.1, 0.15) is 0 Å². The van der Waals surface area contributed by atoms with Crippen LogP contribution in [0.15, 0.2) is 30.3 Å². The number of nitrogens with zero attached hydrogens (tertiary/aromatic N) is 1. The standard InChI is InChI=1S/C15H13NO2S2/c17-15(16-5-7-18-8-6-16)13-9-12-14(20-13)10-3-1-2-4-11(10)19-12/h1-4,9H,5-8H2. The molecule has 20 heavy (non-hydrogen) atoms. The highest BCUT2D eigenvalue weighted by Gasteiger charge is 2.21. The van der Waals surface area contributed by atoms with Crippen LogP contribution in [0.25, 0.3) is 19.5 Å². The summed E-state index contributed by atoms with van der Waals surface area (Å²) in [6.07, 6.45) is 0. The highest BCUT2D eigenvalue weighted by atomic mass is 32.1. The number of hydrogen-bond donors (Lipinski definition) is 0. The Morgan fingerprint density at radius 2 is 1.90 bits per heavy atom. The van der Waals surface area contributed by atoms with Crippen LogP contribution in [0.1, 0.15) is 9.67 Å². The van der Waals surface area contributed by atoms with Gasteiger partial charge in [-0.1, -0.05) is 18.2 Å². The van der Waals surface area contributed by atoms with Gasteiger partial charge in [0, 0.05) is 27.9 Å². The second-order valence-electron chi connectivity index (χ2n) is 4.81. The number of rotatable bonds is 1. The maximum absolute atomic E-state index is 12.5. The van der Waals surface area contributed by atoms with E-state index in [9.17, 15) is 4.79 Å². The van der Waals surface area contributed by atoms with Crippen molar-refractivity contribution in [3.8, 4) is 0 Å². The van der Waals surface area contributed by atoms with Gasteiger partial charge in [-0.2, -0.15) is 0 Å². The molecule has 0 spiro atoms. The van der Waals surface area contributed by atoms with Crippen molar-refractivity contribution in [2.24, 2.45) is 0 Å². The quantitative estimate of drug-likeness (QED) is 0.687. The molecule has 1 fully saturated rings. The monoisotopic (exact) mass is 303 g/mol. The van der Waals surface area contributed by atoms with Crippen molar-refractivity contribution in [2.45, 2.75) is 0 Å². The van der Waals surface area contributed by atoms with Gasteiger partial charge in [-0.25, -0.2) is 0 Å². The zero-order valence-electron chi connectivity index (χ0n) is 10.8. The molecule has 102 valence electrons. The van der Waals surface area contributed by atoms with E-state index in [1.807, 2.05) is 11.0 Å². The van der Waals surface area contributed by atoms with E-state index in [0.29, 0.717) is 26.3 Å². The summed E-state index contributed by atoms with van der Waals surface area (Å²) in [6.45, 7) is 2.69. The molecule has 1 saturated heterocycles. The minimum Gasteiger partial charge on any atom is -0.378 e. The maximum Gasteiger partial charge on any atom is 0.264 e. The first-order chi connectivity index (χ1) is 9.83. The van der Waals surface area contributed by atoms with Crippen LogP contribution in [0.2, 0.25) is 0 Å². The van der Waals surface area contributed by atoms with Gasteiger partial charge in [0.05, 0.1) is 22.8 Å². The van der Waals surface area contributed by atoms with Gasteiger partial charge in [-0.05, 0) is 12.1 Å². The van der Waals surface area contributed by atoms with Crippen LogP contribution in [0.5, 0.6) is 0 Å². The third kappa shape index (κ3) is 1.93. The smallest absolute Gasteiger partial charge is 0.264 e. The normalized spacial score (nSPS) is 16.1. The third-order valence-electron chi connectivity index (χ3n) is 3.56. The fourth-order valence-corrected chi connectivity index (χ4v) is 5.02. The van der Waals surface area contributed by atoms with Crippen LogP contribution in [0.4, 0.5) is 0 Å². The summed E-state index contributed by atoms with van der Waals surface area (Å²) in [6, 6.07) is 10.4. The predicted molar refractivity (Wildman–Crippen MR) is 83.9 cm³/mol. The molecule has 0 unspecified atom stereocenters. The minimum absolute atomic E-state index is 0.144. The molecule has 4 rings (SSSR count). The molecule has 3 nitrogen and oxygen atoms in total. The van der Waals surface area contributed by atoms with Crippen molar-refractivity contribution in [2.75, 3.05) is 26.3 Å². The van der Waals surface area contributed by atoms with Gasteiger partial charge in [0.15, 0.2) is 0 Å². The van der Waals surface area contributed by atoms with E-state index in [2.05, 4.69) is 24.3 Å². The summed E-state index contributed by atoms with van der Waals surface area (Å²) in [5.41, 5.74) is 0. The lowest BCUT2D eigenvalue weighted by atomic mass is 10.2. The molecule has 0 saturated carbocycles. The van der Waals surface area contributed by atoms with Crippen molar-refractivity contribution < 1.29 is 9.53 Å². The topological polar surface area (TPSA) is 29.5 Å². The summed E-state index contributed by atoms with van der Waals surface area (Å²) in [7, 11) is 0. The van der Waals surface area contributed by atoms with Crippen LogP contribution in [0, 0.1) is 0 Å². The van der Waals surface area contributed by atoms with E-state index in [4.69, 9.17) is 4.74 Å². The Kier molecular flexibility index (Phi) is 2.98. The van der Waals surface area contributed by atoms with Crippen molar-refractivity contribution in [3.63, 3.8) is 0 Å². The molecule has 1 amide bonds. The summed E-state index contributed by atoms with van der Waals surface area (Å²) in [4.78, 5) is 15.2. The second-order valence-corrected chi connectivity index (χ2v) is 6.94. The van der Waals surface area contributed by atoms with E-state index in [1.165, 1.54) is 19.5 Å². The molecule has 1 aromatic carbocycles. The van der Waals surface area contributed by atoms with E-state index < -0.39 is 0 Å². The van der Waals surface area contributed by atoms with Crippen LogP contribution >= 0.6 is 22.7 Å². The number of ether oxygens (including phenoxy) is 1. The number of thiophene rings is 2. The average Bonchev–Trinajstić information content (AvgIpc) is 3.05. The minimum atomic E-state index is 0.144. The van der Waals surface area contributed by atoms with Crippen LogP contribution in [-0.4, -0.2) is 37.1 Å². The lowest BCUT2D eigenvalue weighted by Crippen LogP contribution is -2.40. The summed E-state index contributed by atoms with van der Waals surface area (Å²) >= 11 is 3.38. The zero-order valence-corrected chi connectivity index (χ0v) is 12.4. The lowest BCUT2D eigenvalue weighted by Gasteiger charge is -2.26. The molecule has 3 heterocycles. The predicted octanol–water partition coefficient (Wildman–Crippen LogP) is 3.59. The molecule has 5 heteroatoms. The highest BCUT2D eigenvalue weighted by molar-refractivity contribution is 7.33. The Labute approximate surface area is 124 Å². The number of morpholine rings is 1. The summed E-state index contributed by atoms with van der Waals surface area (Å²) in [5, 5.41) is 1.26. The molecule has 0 N–H and O–H groups in total. The van der Waals surface area contributed by atoms with Gasteiger partial charge in [0.25, 0.3) is 5.91 Å². The van der Waals surface area contributed by atoms with E-state index in [-0.39, 0.29) is 5.91 Å². The molecule has 1 aliphatic heterocycles. The number of carbonyl (C=O) groups excluding carboxylic acids is 1. The first-order valence-electron chi connectivity index (χ1n) is 6.61. The molecular formula is C15H13NO2S2. The first kappa shape index (κ1) is 12.3. The van der Waals surface area contributed by atoms with E-state index in [0.717, 1.165) is 4.88 Å². The van der Waals surface area contributed by atoms with Gasteiger partial charge in [-0.15, -0.1) is 22.7 Å². The molecular weight excluding hydrogens is 290 g/mol. The van der Waals surface area contributed by atoms with Crippen LogP contribution in [-0.2, 0) is 4.74 Å². The van der Waals surface area contributed by atoms with E-state index >= 15 is 0 Å². The molecule has 0 bridgehead atoms. The van der Waals surface area contributed by atoms with Gasteiger partial charge in [0.2, 0.25) is 0 Å². The second kappa shape index (κ2) is 4.84. The Morgan fingerprint density at radius 1 is 1.10 bits per heavy atom. The lowest BCUT2D eigenvalue weighted by molar-refractivity contribution is 0.0306. The highest BCUT2D eigenvalue weighted by Crippen LogP contribution is 2.39. The van der Waals surface area contributed by atoms with Crippen LogP contribution < -0.4 is 0 Å². The molecule has 3 aromatic rings. The molecule has 1 aliphatic rings. The van der Waals surface area contributed by atoms with E-state index in [1.54, 1.807) is 22.7 Å². The maximum atomic E-state index is 12.5. The molecule has 2 aromatic heterocycles. The van der Waals surface area contributed by atoms with Gasteiger partial charge < -0.3 is 9.64 Å². The average molecular weight is 303 g/mol. The fraction of sp³-hybridized carbons (Fsp3) is 0.267. The number of benzene rings is 1. The molecule has 0 atom stereocenters. The third-order valence-corrected chi connectivity index (χ3v) is 5.96.